The Morgan fingerprint density at radius 1 is 1.06 bits per heavy atom. The fraction of sp³-hybridized carbons (Fsp3) is 0.200. The molecule has 0 N–H and O–H groups in total. The zero-order chi connectivity index (χ0) is 13.1. The van der Waals surface area contributed by atoms with Gasteiger partial charge in [-0.1, -0.05) is 12.1 Å². The second-order valence-corrected chi connectivity index (χ2v) is 4.52. The molecule has 1 nitrogen and oxygen atoms in total. The minimum absolute atomic E-state index is 0.220. The highest BCUT2D eigenvalue weighted by Crippen LogP contribution is 2.30. The van der Waals surface area contributed by atoms with Crippen molar-refractivity contribution in [3.63, 3.8) is 0 Å². The van der Waals surface area contributed by atoms with Gasteiger partial charge in [-0.3, -0.25) is 0 Å². The maximum Gasteiger partial charge on any atom is 0.132 e. The molecular weight excluding hydrogens is 251 g/mol. The van der Waals surface area contributed by atoms with E-state index in [1.165, 1.54) is 12.1 Å². The van der Waals surface area contributed by atoms with Crippen LogP contribution in [0.5, 0.6) is 11.5 Å². The van der Waals surface area contributed by atoms with Crippen LogP contribution in [-0.4, -0.2) is 0 Å². The number of benzene rings is 2. The average Bonchev–Trinajstić information content (AvgIpc) is 2.36. The van der Waals surface area contributed by atoms with Crippen molar-refractivity contribution in [3.05, 3.63) is 58.9 Å². The Morgan fingerprint density at radius 3 is 2.56 bits per heavy atom. The molecule has 0 aliphatic rings. The van der Waals surface area contributed by atoms with Gasteiger partial charge in [-0.15, -0.1) is 11.6 Å². The zero-order valence-electron chi connectivity index (χ0n) is 10.3. The molecule has 2 rings (SSSR count). The van der Waals surface area contributed by atoms with Gasteiger partial charge in [0.15, 0.2) is 0 Å². The quantitative estimate of drug-likeness (QED) is 0.711. The van der Waals surface area contributed by atoms with Crippen LogP contribution in [0.1, 0.15) is 16.7 Å². The monoisotopic (exact) mass is 264 g/mol. The molecule has 0 bridgehead atoms. The molecule has 0 aliphatic carbocycles. The van der Waals surface area contributed by atoms with E-state index in [1.807, 2.05) is 32.0 Å². The summed E-state index contributed by atoms with van der Waals surface area (Å²) in [4.78, 5) is 0. The van der Waals surface area contributed by atoms with E-state index in [9.17, 15) is 4.39 Å². The summed E-state index contributed by atoms with van der Waals surface area (Å²) in [5, 5.41) is 0. The molecule has 18 heavy (non-hydrogen) atoms. The van der Waals surface area contributed by atoms with E-state index < -0.39 is 0 Å². The number of ether oxygens (including phenoxy) is 1. The van der Waals surface area contributed by atoms with E-state index in [-0.39, 0.29) is 11.7 Å². The Balaban J connectivity index is 2.36. The summed E-state index contributed by atoms with van der Waals surface area (Å²) in [7, 11) is 0. The van der Waals surface area contributed by atoms with Gasteiger partial charge in [-0.2, -0.15) is 0 Å². The van der Waals surface area contributed by atoms with Crippen molar-refractivity contribution in [2.24, 2.45) is 0 Å². The summed E-state index contributed by atoms with van der Waals surface area (Å²) in [6.07, 6.45) is 0. The van der Waals surface area contributed by atoms with Gasteiger partial charge in [0.2, 0.25) is 0 Å². The first-order valence-corrected chi connectivity index (χ1v) is 6.23. The largest absolute Gasteiger partial charge is 0.457 e. The first kappa shape index (κ1) is 12.9. The lowest BCUT2D eigenvalue weighted by atomic mass is 10.1. The summed E-state index contributed by atoms with van der Waals surface area (Å²) in [6, 6.07) is 10.3. The van der Waals surface area contributed by atoms with Crippen LogP contribution in [0.3, 0.4) is 0 Å². The molecule has 2 aromatic rings. The van der Waals surface area contributed by atoms with Crippen LogP contribution in [0.4, 0.5) is 4.39 Å². The zero-order valence-corrected chi connectivity index (χ0v) is 11.1. The van der Waals surface area contributed by atoms with Crippen LogP contribution in [0.15, 0.2) is 36.4 Å². The maximum atomic E-state index is 13.1. The second kappa shape index (κ2) is 5.40. The van der Waals surface area contributed by atoms with Crippen molar-refractivity contribution < 1.29 is 9.13 Å². The van der Waals surface area contributed by atoms with E-state index in [0.717, 1.165) is 16.9 Å². The molecule has 0 fully saturated rings. The molecule has 0 aliphatic heterocycles. The molecule has 0 unspecified atom stereocenters. The highest BCUT2D eigenvalue weighted by atomic mass is 35.5. The molecule has 2 aromatic carbocycles. The molecular formula is C15H14ClFO. The van der Waals surface area contributed by atoms with Gasteiger partial charge >= 0.3 is 0 Å². The van der Waals surface area contributed by atoms with Crippen molar-refractivity contribution in [1.29, 1.82) is 0 Å². The second-order valence-electron chi connectivity index (χ2n) is 4.26. The summed E-state index contributed by atoms with van der Waals surface area (Å²) in [6.45, 7) is 3.97. The lowest BCUT2D eigenvalue weighted by Crippen LogP contribution is -1.93. The molecule has 0 spiro atoms. The number of aryl methyl sites for hydroxylation is 2. The summed E-state index contributed by atoms with van der Waals surface area (Å²) in [5.74, 6) is 1.28. The predicted molar refractivity (Wildman–Crippen MR) is 71.9 cm³/mol. The Bertz CT molecular complexity index is 566. The number of hydrogen-bond donors (Lipinski definition) is 0. The van der Waals surface area contributed by atoms with Gasteiger partial charge in [-0.05, 0) is 49.2 Å². The molecule has 3 heteroatoms. The van der Waals surface area contributed by atoms with Crippen molar-refractivity contribution in [3.8, 4) is 11.5 Å². The Labute approximate surface area is 111 Å². The molecule has 0 saturated heterocycles. The maximum absolute atomic E-state index is 13.1. The fourth-order valence-electron chi connectivity index (χ4n) is 1.69. The third-order valence-corrected chi connectivity index (χ3v) is 3.02. The fourth-order valence-corrected chi connectivity index (χ4v) is 1.90. The third kappa shape index (κ3) is 2.82. The standard InChI is InChI=1S/C15H14ClFO/c1-10-3-4-11(2)15(7-10)18-14-6-5-13(17)8-12(14)9-16/h3-8H,9H2,1-2H3. The van der Waals surface area contributed by atoms with Crippen molar-refractivity contribution in [2.45, 2.75) is 19.7 Å². The minimum Gasteiger partial charge on any atom is -0.457 e. The van der Waals surface area contributed by atoms with Crippen molar-refractivity contribution >= 4 is 11.6 Å². The van der Waals surface area contributed by atoms with E-state index in [0.29, 0.717) is 11.3 Å². The van der Waals surface area contributed by atoms with Gasteiger partial charge in [0, 0.05) is 5.56 Å². The molecule has 0 radical (unpaired) electrons. The SMILES string of the molecule is Cc1ccc(C)c(Oc2ccc(F)cc2CCl)c1. The Kier molecular flexibility index (Phi) is 3.87. The highest BCUT2D eigenvalue weighted by molar-refractivity contribution is 6.17. The molecule has 0 heterocycles. The van der Waals surface area contributed by atoms with E-state index in [2.05, 4.69) is 0 Å². The van der Waals surface area contributed by atoms with E-state index >= 15 is 0 Å². The molecule has 0 atom stereocenters. The van der Waals surface area contributed by atoms with Crippen LogP contribution < -0.4 is 4.74 Å². The number of halogens is 2. The number of rotatable bonds is 3. The highest BCUT2D eigenvalue weighted by Gasteiger charge is 2.07. The Morgan fingerprint density at radius 2 is 1.83 bits per heavy atom. The molecule has 94 valence electrons. The van der Waals surface area contributed by atoms with Gasteiger partial charge in [-0.25, -0.2) is 4.39 Å². The smallest absolute Gasteiger partial charge is 0.132 e. The van der Waals surface area contributed by atoms with Crippen molar-refractivity contribution in [1.82, 2.24) is 0 Å². The first-order valence-electron chi connectivity index (χ1n) is 5.69. The lowest BCUT2D eigenvalue weighted by Gasteiger charge is -2.12. The average molecular weight is 265 g/mol. The molecule has 0 amide bonds. The minimum atomic E-state index is -0.307. The third-order valence-electron chi connectivity index (χ3n) is 2.73. The normalized spacial score (nSPS) is 10.4. The van der Waals surface area contributed by atoms with E-state index in [4.69, 9.17) is 16.3 Å². The van der Waals surface area contributed by atoms with Gasteiger partial charge in [0.05, 0.1) is 5.88 Å². The summed E-state index contributed by atoms with van der Waals surface area (Å²) >= 11 is 5.79. The summed E-state index contributed by atoms with van der Waals surface area (Å²) in [5.41, 5.74) is 2.80. The van der Waals surface area contributed by atoms with Crippen LogP contribution in [0.25, 0.3) is 0 Å². The molecule has 0 aromatic heterocycles. The lowest BCUT2D eigenvalue weighted by molar-refractivity contribution is 0.472. The van der Waals surface area contributed by atoms with E-state index in [1.54, 1.807) is 6.07 Å². The topological polar surface area (TPSA) is 9.23 Å². The van der Waals surface area contributed by atoms with Gasteiger partial charge in [0.25, 0.3) is 0 Å². The van der Waals surface area contributed by atoms with Gasteiger partial charge < -0.3 is 4.74 Å². The number of alkyl halides is 1. The number of hydrogen-bond acceptors (Lipinski definition) is 1. The molecule has 0 saturated carbocycles. The van der Waals surface area contributed by atoms with Gasteiger partial charge in [0.1, 0.15) is 17.3 Å². The van der Waals surface area contributed by atoms with Crippen molar-refractivity contribution in [2.75, 3.05) is 0 Å². The van der Waals surface area contributed by atoms with Crippen LogP contribution in [0, 0.1) is 19.7 Å². The Hall–Kier alpha value is -1.54. The van der Waals surface area contributed by atoms with Crippen LogP contribution in [-0.2, 0) is 5.88 Å². The van der Waals surface area contributed by atoms with Crippen LogP contribution >= 0.6 is 11.6 Å². The summed E-state index contributed by atoms with van der Waals surface area (Å²) < 4.78 is 18.9. The predicted octanol–water partition coefficient (Wildman–Crippen LogP) is 4.97. The van der Waals surface area contributed by atoms with Crippen LogP contribution in [0.2, 0.25) is 0 Å². The first-order chi connectivity index (χ1) is 8.60.